The maximum absolute atomic E-state index is 11.8. The number of carbonyl (C=O) groups is 1. The molecule has 0 radical (unpaired) electrons. The van der Waals surface area contributed by atoms with E-state index in [0.29, 0.717) is 4.47 Å². The molecule has 1 unspecified atom stereocenters. The Morgan fingerprint density at radius 1 is 1.40 bits per heavy atom. The fourth-order valence-corrected chi connectivity index (χ4v) is 1.66. The SMILES string of the molecule is CC(Oc1cc([N+](=O)[O-])ccc1Br)C(=O)OC(C)(C)C. The molecule has 7 heteroatoms. The van der Waals surface area contributed by atoms with E-state index in [1.807, 2.05) is 0 Å². The lowest BCUT2D eigenvalue weighted by atomic mass is 10.2. The number of non-ortho nitro benzene ring substituents is 1. The lowest BCUT2D eigenvalue weighted by Gasteiger charge is -2.22. The van der Waals surface area contributed by atoms with Crippen LogP contribution in [0.3, 0.4) is 0 Å². The summed E-state index contributed by atoms with van der Waals surface area (Å²) in [4.78, 5) is 22.0. The molecular formula is C13H16BrNO5. The quantitative estimate of drug-likeness (QED) is 0.474. The van der Waals surface area contributed by atoms with Gasteiger partial charge in [0, 0.05) is 6.07 Å². The van der Waals surface area contributed by atoms with Crippen LogP contribution >= 0.6 is 15.9 Å². The second kappa shape index (κ2) is 6.21. The standard InChI is InChI=1S/C13H16BrNO5/c1-8(12(16)20-13(2,3)4)19-11-7-9(15(17)18)5-6-10(11)14/h5-8H,1-4H3. The summed E-state index contributed by atoms with van der Waals surface area (Å²) in [5.74, 6) is -0.312. The number of nitro groups is 1. The number of esters is 1. The average molecular weight is 346 g/mol. The number of rotatable bonds is 4. The molecule has 0 heterocycles. The Bertz CT molecular complexity index is 524. The second-order valence-electron chi connectivity index (χ2n) is 5.17. The van der Waals surface area contributed by atoms with Crippen molar-refractivity contribution in [1.29, 1.82) is 0 Å². The Hall–Kier alpha value is -1.63. The first-order chi connectivity index (χ1) is 9.10. The first kappa shape index (κ1) is 16.4. The molecule has 0 aliphatic rings. The molecule has 1 aromatic carbocycles. The molecule has 0 saturated heterocycles. The Balaban J connectivity index is 2.85. The van der Waals surface area contributed by atoms with Crippen molar-refractivity contribution in [2.75, 3.05) is 0 Å². The van der Waals surface area contributed by atoms with Crippen LogP contribution in [-0.4, -0.2) is 22.6 Å². The van der Waals surface area contributed by atoms with Gasteiger partial charge in [0.05, 0.1) is 15.5 Å². The van der Waals surface area contributed by atoms with E-state index < -0.39 is 22.6 Å². The van der Waals surface area contributed by atoms with Gasteiger partial charge in [0.25, 0.3) is 5.69 Å². The third kappa shape index (κ3) is 4.80. The van der Waals surface area contributed by atoms with E-state index in [-0.39, 0.29) is 11.4 Å². The summed E-state index contributed by atoms with van der Waals surface area (Å²) < 4.78 is 11.1. The number of hydrogen-bond acceptors (Lipinski definition) is 5. The van der Waals surface area contributed by atoms with E-state index in [1.54, 1.807) is 20.8 Å². The highest BCUT2D eigenvalue weighted by Crippen LogP contribution is 2.30. The van der Waals surface area contributed by atoms with Gasteiger partial charge in [-0.05, 0) is 49.7 Å². The third-order valence-corrected chi connectivity index (χ3v) is 2.82. The van der Waals surface area contributed by atoms with Crippen LogP contribution in [0.5, 0.6) is 5.75 Å². The van der Waals surface area contributed by atoms with Crippen molar-refractivity contribution in [2.24, 2.45) is 0 Å². The van der Waals surface area contributed by atoms with Crippen LogP contribution < -0.4 is 4.74 Å². The molecule has 0 aliphatic heterocycles. The van der Waals surface area contributed by atoms with Crippen LogP contribution in [0, 0.1) is 10.1 Å². The minimum atomic E-state index is -0.868. The molecule has 0 spiro atoms. The van der Waals surface area contributed by atoms with Gasteiger partial charge in [-0.1, -0.05) is 0 Å². The predicted molar refractivity (Wildman–Crippen MR) is 76.7 cm³/mol. The molecule has 0 aromatic heterocycles. The van der Waals surface area contributed by atoms with Crippen molar-refractivity contribution in [2.45, 2.75) is 39.4 Å². The summed E-state index contributed by atoms with van der Waals surface area (Å²) in [6.07, 6.45) is -0.868. The van der Waals surface area contributed by atoms with Crippen molar-refractivity contribution in [1.82, 2.24) is 0 Å². The summed E-state index contributed by atoms with van der Waals surface area (Å²) in [7, 11) is 0. The molecule has 0 aliphatic carbocycles. The number of hydrogen-bond donors (Lipinski definition) is 0. The van der Waals surface area contributed by atoms with E-state index in [1.165, 1.54) is 25.1 Å². The van der Waals surface area contributed by atoms with Crippen molar-refractivity contribution in [3.8, 4) is 5.75 Å². The molecular weight excluding hydrogens is 330 g/mol. The van der Waals surface area contributed by atoms with Crippen molar-refractivity contribution >= 4 is 27.6 Å². The number of nitrogens with zero attached hydrogens (tertiary/aromatic N) is 1. The van der Waals surface area contributed by atoms with E-state index in [0.717, 1.165) is 0 Å². The molecule has 1 rings (SSSR count). The zero-order valence-electron chi connectivity index (χ0n) is 11.7. The zero-order chi connectivity index (χ0) is 15.5. The van der Waals surface area contributed by atoms with E-state index in [2.05, 4.69) is 15.9 Å². The Labute approximate surface area is 125 Å². The smallest absolute Gasteiger partial charge is 0.347 e. The molecule has 6 nitrogen and oxygen atoms in total. The molecule has 0 bridgehead atoms. The Morgan fingerprint density at radius 2 is 2.00 bits per heavy atom. The number of benzene rings is 1. The van der Waals surface area contributed by atoms with Gasteiger partial charge in [0.1, 0.15) is 11.4 Å². The minimum absolute atomic E-state index is 0.111. The number of carbonyl (C=O) groups excluding carboxylic acids is 1. The molecule has 1 aromatic rings. The van der Waals surface area contributed by atoms with Gasteiger partial charge in [0.2, 0.25) is 0 Å². The fourth-order valence-electron chi connectivity index (χ4n) is 1.32. The van der Waals surface area contributed by atoms with Crippen LogP contribution in [0.15, 0.2) is 22.7 Å². The molecule has 0 fully saturated rings. The largest absolute Gasteiger partial charge is 0.478 e. The van der Waals surface area contributed by atoms with Crippen molar-refractivity contribution in [3.05, 3.63) is 32.8 Å². The molecule has 20 heavy (non-hydrogen) atoms. The monoisotopic (exact) mass is 345 g/mol. The van der Waals surface area contributed by atoms with Gasteiger partial charge in [-0.3, -0.25) is 10.1 Å². The second-order valence-corrected chi connectivity index (χ2v) is 6.02. The molecule has 0 N–H and O–H groups in total. The zero-order valence-corrected chi connectivity index (χ0v) is 13.3. The number of ether oxygens (including phenoxy) is 2. The summed E-state index contributed by atoms with van der Waals surface area (Å²) in [5, 5.41) is 10.7. The lowest BCUT2D eigenvalue weighted by molar-refractivity contribution is -0.385. The molecule has 0 amide bonds. The summed E-state index contributed by atoms with van der Waals surface area (Å²) in [6.45, 7) is 6.78. The topological polar surface area (TPSA) is 78.7 Å². The highest BCUT2D eigenvalue weighted by Gasteiger charge is 2.24. The van der Waals surface area contributed by atoms with Crippen LogP contribution in [0.1, 0.15) is 27.7 Å². The van der Waals surface area contributed by atoms with Crippen LogP contribution in [0.25, 0.3) is 0 Å². The van der Waals surface area contributed by atoms with Crippen molar-refractivity contribution < 1.29 is 19.2 Å². The Kier molecular flexibility index (Phi) is 5.10. The van der Waals surface area contributed by atoms with E-state index >= 15 is 0 Å². The lowest BCUT2D eigenvalue weighted by Crippen LogP contribution is -2.33. The van der Waals surface area contributed by atoms with Crippen LogP contribution in [0.2, 0.25) is 0 Å². The first-order valence-corrected chi connectivity index (χ1v) is 6.73. The number of halogens is 1. The third-order valence-electron chi connectivity index (χ3n) is 2.17. The van der Waals surface area contributed by atoms with Gasteiger partial charge in [0.15, 0.2) is 6.10 Å². The molecule has 0 saturated carbocycles. The predicted octanol–water partition coefficient (Wildman–Crippen LogP) is 3.47. The summed E-state index contributed by atoms with van der Waals surface area (Å²) in [5.41, 5.74) is -0.728. The highest BCUT2D eigenvalue weighted by atomic mass is 79.9. The Morgan fingerprint density at radius 3 is 2.50 bits per heavy atom. The van der Waals surface area contributed by atoms with Gasteiger partial charge in [-0.25, -0.2) is 4.79 Å². The fraction of sp³-hybridized carbons (Fsp3) is 0.462. The first-order valence-electron chi connectivity index (χ1n) is 5.93. The van der Waals surface area contributed by atoms with Crippen LogP contribution in [-0.2, 0) is 9.53 Å². The van der Waals surface area contributed by atoms with Crippen LogP contribution in [0.4, 0.5) is 5.69 Å². The van der Waals surface area contributed by atoms with Gasteiger partial charge in [-0.15, -0.1) is 0 Å². The van der Waals surface area contributed by atoms with Gasteiger partial charge >= 0.3 is 5.97 Å². The van der Waals surface area contributed by atoms with Gasteiger partial charge in [-0.2, -0.15) is 0 Å². The average Bonchev–Trinajstić information content (AvgIpc) is 2.29. The maximum Gasteiger partial charge on any atom is 0.347 e. The number of nitro benzene ring substituents is 1. The van der Waals surface area contributed by atoms with E-state index in [9.17, 15) is 14.9 Å². The highest BCUT2D eigenvalue weighted by molar-refractivity contribution is 9.10. The maximum atomic E-state index is 11.8. The summed E-state index contributed by atoms with van der Waals surface area (Å²) in [6, 6.07) is 4.09. The normalized spacial score (nSPS) is 12.7. The molecule has 1 atom stereocenters. The van der Waals surface area contributed by atoms with Crippen molar-refractivity contribution in [3.63, 3.8) is 0 Å². The van der Waals surface area contributed by atoms with E-state index in [4.69, 9.17) is 9.47 Å². The minimum Gasteiger partial charge on any atom is -0.478 e. The van der Waals surface area contributed by atoms with Gasteiger partial charge < -0.3 is 9.47 Å². The molecule has 110 valence electrons. The summed E-state index contributed by atoms with van der Waals surface area (Å²) >= 11 is 3.22.